The van der Waals surface area contributed by atoms with Crippen LogP contribution in [-0.4, -0.2) is 23.5 Å². The zero-order valence-electron chi connectivity index (χ0n) is 16.3. The van der Waals surface area contributed by atoms with Crippen LogP contribution in [0.25, 0.3) is 0 Å². The molecule has 0 saturated heterocycles. The first kappa shape index (κ1) is 22.4. The molecule has 2 aromatic rings. The van der Waals surface area contributed by atoms with Gasteiger partial charge in [-0.25, -0.2) is 4.57 Å². The van der Waals surface area contributed by atoms with E-state index in [2.05, 4.69) is 5.09 Å². The normalized spacial score (nSPS) is 13.9. The highest BCUT2D eigenvalue weighted by Gasteiger charge is 2.37. The second-order valence-electron chi connectivity index (χ2n) is 6.35. The zero-order chi connectivity index (χ0) is 21.4. The molecule has 0 bridgehead atoms. The standard InChI is InChI=1S/C19H23N2O7P/c1-4-26-19(22)18(14(2)3)20-29(25,27-16-8-6-5-7-9-16)28-17-12-10-15(11-13-17)21(23)24/h5-14,18H,4H2,1-3H3,(H,20,25). The maximum Gasteiger partial charge on any atom is 0.513 e. The summed E-state index contributed by atoms with van der Waals surface area (Å²) in [5, 5.41) is 13.5. The van der Waals surface area contributed by atoms with E-state index in [1.165, 1.54) is 24.3 Å². The Labute approximate surface area is 168 Å². The number of para-hydroxylation sites is 1. The van der Waals surface area contributed by atoms with E-state index in [9.17, 15) is 19.5 Å². The number of carbonyl (C=O) groups is 1. The summed E-state index contributed by atoms with van der Waals surface area (Å²) in [6.45, 7) is 5.35. The summed E-state index contributed by atoms with van der Waals surface area (Å²) in [6.07, 6.45) is 0. The zero-order valence-corrected chi connectivity index (χ0v) is 17.2. The quantitative estimate of drug-likeness (QED) is 0.260. The Morgan fingerprint density at radius 3 is 2.10 bits per heavy atom. The Hall–Kier alpha value is -2.90. The Balaban J connectivity index is 2.32. The topological polar surface area (TPSA) is 117 Å². The molecule has 9 nitrogen and oxygen atoms in total. The number of esters is 1. The minimum atomic E-state index is -4.11. The molecule has 2 aromatic carbocycles. The highest BCUT2D eigenvalue weighted by molar-refractivity contribution is 7.52. The molecule has 0 aliphatic rings. The van der Waals surface area contributed by atoms with E-state index < -0.39 is 24.7 Å². The summed E-state index contributed by atoms with van der Waals surface area (Å²) >= 11 is 0. The number of nitro groups is 1. The molecule has 0 spiro atoms. The smallest absolute Gasteiger partial charge is 0.465 e. The number of non-ortho nitro benzene ring substituents is 1. The first-order valence-electron chi connectivity index (χ1n) is 8.97. The predicted octanol–water partition coefficient (Wildman–Crippen LogP) is 4.34. The highest BCUT2D eigenvalue weighted by atomic mass is 31.2. The van der Waals surface area contributed by atoms with Gasteiger partial charge in [0.1, 0.15) is 17.5 Å². The molecule has 2 atom stereocenters. The summed E-state index contributed by atoms with van der Waals surface area (Å²) in [5.74, 6) is -0.528. The van der Waals surface area contributed by atoms with Gasteiger partial charge in [-0.2, -0.15) is 5.09 Å². The van der Waals surface area contributed by atoms with Crippen LogP contribution in [0.5, 0.6) is 11.5 Å². The molecule has 156 valence electrons. The number of nitro benzene ring substituents is 1. The van der Waals surface area contributed by atoms with Gasteiger partial charge in [-0.05, 0) is 37.1 Å². The molecule has 1 N–H and O–H groups in total. The van der Waals surface area contributed by atoms with Gasteiger partial charge in [-0.1, -0.05) is 32.0 Å². The summed E-state index contributed by atoms with van der Waals surface area (Å²) < 4.78 is 29.7. The van der Waals surface area contributed by atoms with Gasteiger partial charge in [0.2, 0.25) is 0 Å². The minimum absolute atomic E-state index is 0.0775. The van der Waals surface area contributed by atoms with Crippen LogP contribution in [-0.2, 0) is 14.1 Å². The second-order valence-corrected chi connectivity index (χ2v) is 7.97. The number of benzene rings is 2. The van der Waals surface area contributed by atoms with Crippen molar-refractivity contribution >= 4 is 19.4 Å². The van der Waals surface area contributed by atoms with E-state index in [0.29, 0.717) is 0 Å². The minimum Gasteiger partial charge on any atom is -0.465 e. The van der Waals surface area contributed by atoms with Crippen LogP contribution in [0.4, 0.5) is 5.69 Å². The van der Waals surface area contributed by atoms with Gasteiger partial charge >= 0.3 is 13.7 Å². The molecule has 0 aromatic heterocycles. The number of nitrogens with one attached hydrogen (secondary N) is 1. The monoisotopic (exact) mass is 422 g/mol. The first-order valence-corrected chi connectivity index (χ1v) is 10.5. The van der Waals surface area contributed by atoms with Crippen molar-refractivity contribution in [2.75, 3.05) is 6.61 Å². The lowest BCUT2D eigenvalue weighted by Gasteiger charge is -2.26. The average molecular weight is 422 g/mol. The molecule has 2 rings (SSSR count). The van der Waals surface area contributed by atoms with Gasteiger partial charge < -0.3 is 13.8 Å². The van der Waals surface area contributed by atoms with Crippen LogP contribution < -0.4 is 14.1 Å². The molecule has 0 aliphatic carbocycles. The molecule has 0 fully saturated rings. The SMILES string of the molecule is CCOC(=O)C(NP(=O)(Oc1ccccc1)Oc1ccc([N+](=O)[O-])cc1)C(C)C. The largest absolute Gasteiger partial charge is 0.513 e. The van der Waals surface area contributed by atoms with Crippen molar-refractivity contribution in [3.8, 4) is 11.5 Å². The predicted molar refractivity (Wildman–Crippen MR) is 107 cm³/mol. The third-order valence-electron chi connectivity index (χ3n) is 3.75. The molecule has 0 amide bonds. The molecule has 0 saturated carbocycles. The van der Waals surface area contributed by atoms with E-state index >= 15 is 0 Å². The van der Waals surface area contributed by atoms with Crippen LogP contribution in [0.15, 0.2) is 54.6 Å². The van der Waals surface area contributed by atoms with Crippen molar-refractivity contribution in [1.29, 1.82) is 0 Å². The first-order chi connectivity index (χ1) is 13.7. The Bertz CT molecular complexity index is 872. The Kier molecular flexibility index (Phi) is 7.75. The van der Waals surface area contributed by atoms with E-state index in [-0.39, 0.29) is 29.7 Å². The number of ether oxygens (including phenoxy) is 1. The maximum absolute atomic E-state index is 13.5. The van der Waals surface area contributed by atoms with E-state index in [0.717, 1.165) is 0 Å². The maximum atomic E-state index is 13.5. The number of hydrogen-bond donors (Lipinski definition) is 1. The Morgan fingerprint density at radius 2 is 1.62 bits per heavy atom. The summed E-state index contributed by atoms with van der Waals surface area (Å²) in [5.41, 5.74) is -0.143. The fourth-order valence-corrected chi connectivity index (χ4v) is 4.02. The fraction of sp³-hybridized carbons (Fsp3) is 0.316. The molecular formula is C19H23N2O7P. The molecule has 29 heavy (non-hydrogen) atoms. The highest BCUT2D eigenvalue weighted by Crippen LogP contribution is 2.46. The van der Waals surface area contributed by atoms with Crippen molar-refractivity contribution in [2.24, 2.45) is 5.92 Å². The van der Waals surface area contributed by atoms with Crippen molar-refractivity contribution in [2.45, 2.75) is 26.8 Å². The van der Waals surface area contributed by atoms with Crippen LogP contribution >= 0.6 is 7.75 Å². The number of rotatable bonds is 10. The molecule has 2 unspecified atom stereocenters. The fourth-order valence-electron chi connectivity index (χ4n) is 2.34. The van der Waals surface area contributed by atoms with Gasteiger partial charge in [0.25, 0.3) is 5.69 Å². The lowest BCUT2D eigenvalue weighted by molar-refractivity contribution is -0.384. The summed E-state index contributed by atoms with van der Waals surface area (Å²) in [7, 11) is -4.11. The van der Waals surface area contributed by atoms with Crippen molar-refractivity contribution < 1.29 is 28.1 Å². The second kappa shape index (κ2) is 10.0. The number of hydrogen-bond acceptors (Lipinski definition) is 7. The van der Waals surface area contributed by atoms with Crippen LogP contribution in [0.2, 0.25) is 0 Å². The lowest BCUT2D eigenvalue weighted by atomic mass is 10.1. The molecule has 0 aliphatic heterocycles. The number of carbonyl (C=O) groups excluding carboxylic acids is 1. The van der Waals surface area contributed by atoms with Gasteiger partial charge in [-0.3, -0.25) is 14.9 Å². The van der Waals surface area contributed by atoms with E-state index in [1.54, 1.807) is 51.1 Å². The van der Waals surface area contributed by atoms with Crippen molar-refractivity contribution in [1.82, 2.24) is 5.09 Å². The molecule has 0 heterocycles. The molecular weight excluding hydrogens is 399 g/mol. The van der Waals surface area contributed by atoms with Crippen LogP contribution in [0, 0.1) is 16.0 Å². The van der Waals surface area contributed by atoms with Crippen LogP contribution in [0.3, 0.4) is 0 Å². The lowest BCUT2D eigenvalue weighted by Crippen LogP contribution is -2.42. The summed E-state index contributed by atoms with van der Waals surface area (Å²) in [6, 6.07) is 12.4. The van der Waals surface area contributed by atoms with Gasteiger partial charge in [0, 0.05) is 12.1 Å². The van der Waals surface area contributed by atoms with Gasteiger partial charge in [0.05, 0.1) is 11.5 Å². The van der Waals surface area contributed by atoms with Gasteiger partial charge in [-0.15, -0.1) is 0 Å². The molecule has 10 heteroatoms. The van der Waals surface area contributed by atoms with E-state index in [1.807, 2.05) is 0 Å². The molecule has 0 radical (unpaired) electrons. The third kappa shape index (κ3) is 6.58. The van der Waals surface area contributed by atoms with Crippen LogP contribution in [0.1, 0.15) is 20.8 Å². The summed E-state index contributed by atoms with van der Waals surface area (Å²) in [4.78, 5) is 22.6. The number of nitrogens with zero attached hydrogens (tertiary/aromatic N) is 1. The Morgan fingerprint density at radius 1 is 1.07 bits per heavy atom. The van der Waals surface area contributed by atoms with Crippen molar-refractivity contribution in [3.05, 3.63) is 64.7 Å². The van der Waals surface area contributed by atoms with Crippen molar-refractivity contribution in [3.63, 3.8) is 0 Å². The van der Waals surface area contributed by atoms with Gasteiger partial charge in [0.15, 0.2) is 0 Å². The van der Waals surface area contributed by atoms with E-state index in [4.69, 9.17) is 13.8 Å². The third-order valence-corrected chi connectivity index (χ3v) is 5.24. The average Bonchev–Trinajstić information content (AvgIpc) is 2.67.